The molecule has 0 saturated carbocycles. The maximum Gasteiger partial charge on any atom is 0.415 e. The van der Waals surface area contributed by atoms with E-state index in [4.69, 9.17) is 16.3 Å². The molecule has 2 rings (SSSR count). The minimum absolute atomic E-state index is 0.124. The molecule has 98 valence electrons. The number of aliphatic hydroxyl groups is 2. The summed E-state index contributed by atoms with van der Waals surface area (Å²) >= 11 is 5.76. The van der Waals surface area contributed by atoms with Gasteiger partial charge in [0.05, 0.1) is 6.54 Å². The maximum atomic E-state index is 11.6. The van der Waals surface area contributed by atoms with Crippen LogP contribution in [0.25, 0.3) is 0 Å². The van der Waals surface area contributed by atoms with Gasteiger partial charge in [-0.15, -0.1) is 0 Å². The number of hydrogen-bond donors (Lipinski definition) is 2. The summed E-state index contributed by atoms with van der Waals surface area (Å²) in [7, 11) is 0. The average molecular weight is 272 g/mol. The summed E-state index contributed by atoms with van der Waals surface area (Å²) in [6.07, 6.45) is -0.764. The van der Waals surface area contributed by atoms with Gasteiger partial charge in [0.2, 0.25) is 5.72 Å². The molecule has 1 fully saturated rings. The Kier molecular flexibility index (Phi) is 3.01. The molecular formula is C12H14ClNO4. The number of amides is 1. The maximum absolute atomic E-state index is 11.6. The van der Waals surface area contributed by atoms with E-state index < -0.39 is 17.6 Å². The molecule has 0 unspecified atom stereocenters. The highest BCUT2D eigenvalue weighted by Gasteiger charge is 2.58. The predicted octanol–water partition coefficient (Wildman–Crippen LogP) is 1.71. The van der Waals surface area contributed by atoms with Crippen LogP contribution in [0, 0.1) is 0 Å². The van der Waals surface area contributed by atoms with Gasteiger partial charge < -0.3 is 14.9 Å². The zero-order chi connectivity index (χ0) is 13.6. The predicted molar refractivity (Wildman–Crippen MR) is 64.7 cm³/mol. The Balaban J connectivity index is 2.24. The van der Waals surface area contributed by atoms with Crippen molar-refractivity contribution in [2.75, 3.05) is 0 Å². The number of nitrogens with zero attached hydrogens (tertiary/aromatic N) is 1. The fraction of sp³-hybridized carbons (Fsp3) is 0.417. The van der Waals surface area contributed by atoms with Crippen LogP contribution in [0.2, 0.25) is 5.02 Å². The molecule has 0 aromatic heterocycles. The van der Waals surface area contributed by atoms with Crippen molar-refractivity contribution in [2.45, 2.75) is 31.9 Å². The number of rotatable bonds is 2. The number of carbonyl (C=O) groups is 1. The van der Waals surface area contributed by atoms with Gasteiger partial charge in [0.15, 0.2) is 0 Å². The molecule has 5 nitrogen and oxygen atoms in total. The molecule has 0 bridgehead atoms. The lowest BCUT2D eigenvalue weighted by molar-refractivity contribution is -0.248. The van der Waals surface area contributed by atoms with E-state index in [1.807, 2.05) is 0 Å². The molecule has 1 aromatic rings. The van der Waals surface area contributed by atoms with Crippen LogP contribution in [0.1, 0.15) is 19.4 Å². The minimum atomic E-state index is -1.93. The first-order valence-corrected chi connectivity index (χ1v) is 5.81. The number of cyclic esters (lactones) is 1. The monoisotopic (exact) mass is 271 g/mol. The molecule has 2 atom stereocenters. The van der Waals surface area contributed by atoms with Gasteiger partial charge in [0, 0.05) is 11.9 Å². The van der Waals surface area contributed by atoms with Gasteiger partial charge in [-0.25, -0.2) is 4.79 Å². The summed E-state index contributed by atoms with van der Waals surface area (Å²) in [6, 6.07) is 6.84. The van der Waals surface area contributed by atoms with Crippen LogP contribution >= 0.6 is 11.6 Å². The van der Waals surface area contributed by atoms with Crippen LogP contribution in [0.3, 0.4) is 0 Å². The van der Waals surface area contributed by atoms with E-state index in [0.717, 1.165) is 10.5 Å². The highest BCUT2D eigenvalue weighted by Crippen LogP contribution is 2.36. The van der Waals surface area contributed by atoms with Crippen LogP contribution in [0.5, 0.6) is 0 Å². The number of halogens is 1. The molecule has 1 saturated heterocycles. The van der Waals surface area contributed by atoms with E-state index in [1.165, 1.54) is 13.8 Å². The minimum Gasteiger partial charge on any atom is -0.412 e. The summed E-state index contributed by atoms with van der Waals surface area (Å²) in [6.45, 7) is 2.69. The Morgan fingerprint density at radius 3 is 2.28 bits per heavy atom. The second-order valence-corrected chi connectivity index (χ2v) is 5.02. The smallest absolute Gasteiger partial charge is 0.412 e. The molecule has 0 aliphatic carbocycles. The highest BCUT2D eigenvalue weighted by atomic mass is 35.5. The Morgan fingerprint density at radius 1 is 1.28 bits per heavy atom. The van der Waals surface area contributed by atoms with E-state index in [0.29, 0.717) is 5.02 Å². The van der Waals surface area contributed by atoms with Crippen LogP contribution in [0.15, 0.2) is 24.3 Å². The number of carbonyl (C=O) groups excluding carboxylic acids is 1. The third-order valence-corrected chi connectivity index (χ3v) is 3.42. The molecule has 1 aromatic carbocycles. The second-order valence-electron chi connectivity index (χ2n) is 4.58. The Morgan fingerprint density at radius 2 is 1.83 bits per heavy atom. The Hall–Kier alpha value is -1.30. The lowest BCUT2D eigenvalue weighted by atomic mass is 10.1. The molecule has 6 heteroatoms. The zero-order valence-electron chi connectivity index (χ0n) is 10.1. The average Bonchev–Trinajstić information content (AvgIpc) is 2.40. The fourth-order valence-electron chi connectivity index (χ4n) is 1.74. The summed E-state index contributed by atoms with van der Waals surface area (Å²) in [5.74, 6) is -1.93. The largest absolute Gasteiger partial charge is 0.415 e. The normalized spacial score (nSPS) is 31.6. The van der Waals surface area contributed by atoms with Crippen LogP contribution in [-0.2, 0) is 11.3 Å². The van der Waals surface area contributed by atoms with Gasteiger partial charge in [-0.1, -0.05) is 23.7 Å². The number of hydrogen-bond acceptors (Lipinski definition) is 4. The van der Waals surface area contributed by atoms with Crippen LogP contribution in [-0.4, -0.2) is 32.7 Å². The lowest BCUT2D eigenvalue weighted by Gasteiger charge is -2.33. The quantitative estimate of drug-likeness (QED) is 0.859. The summed E-state index contributed by atoms with van der Waals surface area (Å²) in [4.78, 5) is 12.7. The fourth-order valence-corrected chi connectivity index (χ4v) is 1.87. The first kappa shape index (κ1) is 13.1. The molecule has 2 N–H and O–H groups in total. The standard InChI is InChI=1S/C12H14ClNO4/c1-11(16)12(2,17)18-10(15)14(11)7-8-3-5-9(13)6-4-8/h3-6,16-17H,7H2,1-2H3/t11-,12+/m1/s1. The van der Waals surface area contributed by atoms with Crippen molar-refractivity contribution >= 4 is 17.7 Å². The second kappa shape index (κ2) is 4.12. The molecule has 18 heavy (non-hydrogen) atoms. The van der Waals surface area contributed by atoms with E-state index in [-0.39, 0.29) is 6.54 Å². The van der Waals surface area contributed by atoms with Crippen molar-refractivity contribution < 1.29 is 19.7 Å². The third-order valence-electron chi connectivity index (χ3n) is 3.16. The highest BCUT2D eigenvalue weighted by molar-refractivity contribution is 6.30. The van der Waals surface area contributed by atoms with Crippen LogP contribution in [0.4, 0.5) is 4.79 Å². The van der Waals surface area contributed by atoms with Crippen molar-refractivity contribution in [3.8, 4) is 0 Å². The first-order chi connectivity index (χ1) is 8.24. The molecular weight excluding hydrogens is 258 g/mol. The molecule has 1 aliphatic rings. The molecule has 0 spiro atoms. The van der Waals surface area contributed by atoms with Crippen molar-refractivity contribution in [1.29, 1.82) is 0 Å². The summed E-state index contributed by atoms with van der Waals surface area (Å²) in [5, 5.41) is 20.6. The summed E-state index contributed by atoms with van der Waals surface area (Å²) < 4.78 is 4.74. The van der Waals surface area contributed by atoms with Gasteiger partial charge in [-0.2, -0.15) is 0 Å². The van der Waals surface area contributed by atoms with Gasteiger partial charge in [0.25, 0.3) is 5.79 Å². The van der Waals surface area contributed by atoms with E-state index >= 15 is 0 Å². The van der Waals surface area contributed by atoms with Gasteiger partial charge in [-0.05, 0) is 24.6 Å². The Bertz CT molecular complexity index is 469. The topological polar surface area (TPSA) is 70.0 Å². The van der Waals surface area contributed by atoms with Crippen molar-refractivity contribution in [2.24, 2.45) is 0 Å². The van der Waals surface area contributed by atoms with Gasteiger partial charge in [0.1, 0.15) is 0 Å². The number of benzene rings is 1. The van der Waals surface area contributed by atoms with Crippen LogP contribution < -0.4 is 0 Å². The summed E-state index contributed by atoms with van der Waals surface area (Å²) in [5.41, 5.74) is -1.02. The molecule has 1 amide bonds. The van der Waals surface area contributed by atoms with Crippen molar-refractivity contribution in [3.63, 3.8) is 0 Å². The molecule has 1 heterocycles. The van der Waals surface area contributed by atoms with Gasteiger partial charge in [-0.3, -0.25) is 4.90 Å². The molecule has 1 aliphatic heterocycles. The Labute approximate surface area is 110 Å². The van der Waals surface area contributed by atoms with Crippen molar-refractivity contribution in [1.82, 2.24) is 4.90 Å². The number of ether oxygens (including phenoxy) is 1. The van der Waals surface area contributed by atoms with Crippen molar-refractivity contribution in [3.05, 3.63) is 34.9 Å². The van der Waals surface area contributed by atoms with Gasteiger partial charge >= 0.3 is 6.09 Å². The lowest BCUT2D eigenvalue weighted by Crippen LogP contribution is -2.54. The van der Waals surface area contributed by atoms with E-state index in [2.05, 4.69) is 0 Å². The molecule has 0 radical (unpaired) electrons. The van der Waals surface area contributed by atoms with E-state index in [9.17, 15) is 15.0 Å². The third kappa shape index (κ3) is 2.05. The van der Waals surface area contributed by atoms with E-state index in [1.54, 1.807) is 24.3 Å². The SMILES string of the molecule is C[C@]1(O)OC(=O)N(Cc2ccc(Cl)cc2)[C@]1(C)O. The first-order valence-electron chi connectivity index (χ1n) is 5.44. The zero-order valence-corrected chi connectivity index (χ0v) is 10.8.